The first-order valence-corrected chi connectivity index (χ1v) is 10.5. The van der Waals surface area contributed by atoms with Crippen LogP contribution in [0.4, 0.5) is 23.5 Å². The van der Waals surface area contributed by atoms with Crippen LogP contribution >= 0.6 is 27.5 Å². The van der Waals surface area contributed by atoms with Crippen LogP contribution in [-0.2, 0) is 4.74 Å². The minimum Gasteiger partial charge on any atom is -0.378 e. The summed E-state index contributed by atoms with van der Waals surface area (Å²) in [7, 11) is 0. The summed E-state index contributed by atoms with van der Waals surface area (Å²) in [5, 5.41) is 8.06. The summed E-state index contributed by atoms with van der Waals surface area (Å²) in [5.74, 6) is 1.31. The van der Waals surface area contributed by atoms with Crippen molar-refractivity contribution in [2.75, 3.05) is 41.9 Å². The van der Waals surface area contributed by atoms with Crippen molar-refractivity contribution in [3.05, 3.63) is 63.6 Å². The van der Waals surface area contributed by atoms with Gasteiger partial charge < -0.3 is 15.0 Å². The molecule has 0 aliphatic carbocycles. The number of aromatic nitrogens is 3. The van der Waals surface area contributed by atoms with Crippen molar-refractivity contribution in [1.82, 2.24) is 15.0 Å². The molecule has 0 unspecified atom stereocenters. The molecule has 2 N–H and O–H groups in total. The zero-order valence-corrected chi connectivity index (χ0v) is 18.3. The molecule has 0 saturated carbocycles. The van der Waals surface area contributed by atoms with Gasteiger partial charge in [-0.25, -0.2) is 5.43 Å². The van der Waals surface area contributed by atoms with Crippen molar-refractivity contribution in [3.8, 4) is 0 Å². The minimum absolute atomic E-state index is 0.328. The van der Waals surface area contributed by atoms with E-state index in [1.54, 1.807) is 6.21 Å². The number of anilines is 4. The molecule has 0 atom stereocenters. The molecule has 10 heteroatoms. The van der Waals surface area contributed by atoms with Crippen LogP contribution in [0.25, 0.3) is 0 Å². The van der Waals surface area contributed by atoms with Crippen LogP contribution in [0.2, 0.25) is 5.02 Å². The van der Waals surface area contributed by atoms with E-state index >= 15 is 0 Å². The van der Waals surface area contributed by atoms with E-state index in [2.05, 4.69) is 51.6 Å². The molecule has 1 saturated heterocycles. The van der Waals surface area contributed by atoms with Crippen LogP contribution in [0.5, 0.6) is 0 Å². The van der Waals surface area contributed by atoms with Gasteiger partial charge in [-0.1, -0.05) is 45.7 Å². The average molecular weight is 489 g/mol. The molecule has 1 fully saturated rings. The second-order valence-electron chi connectivity index (χ2n) is 6.41. The fourth-order valence-electron chi connectivity index (χ4n) is 2.78. The highest BCUT2D eigenvalue weighted by Gasteiger charge is 2.16. The number of morpholine rings is 1. The maximum Gasteiger partial charge on any atom is 0.250 e. The third-order valence-corrected chi connectivity index (χ3v) is 5.16. The molecule has 1 aromatic heterocycles. The molecule has 30 heavy (non-hydrogen) atoms. The fraction of sp³-hybridized carbons (Fsp3) is 0.200. The Morgan fingerprint density at radius 2 is 1.73 bits per heavy atom. The Morgan fingerprint density at radius 3 is 2.50 bits per heavy atom. The topological polar surface area (TPSA) is 87.6 Å². The van der Waals surface area contributed by atoms with Crippen LogP contribution in [0, 0.1) is 0 Å². The molecule has 0 amide bonds. The zero-order valence-electron chi connectivity index (χ0n) is 15.9. The number of rotatable bonds is 6. The SMILES string of the molecule is Clc1ccccc1C=NNc1nc(Nc2ccc(Br)cc2)nc(N2CCOCC2)n1. The predicted molar refractivity (Wildman–Crippen MR) is 123 cm³/mol. The quantitative estimate of drug-likeness (QED) is 0.395. The summed E-state index contributed by atoms with van der Waals surface area (Å²) in [6, 6.07) is 15.2. The number of ether oxygens (including phenoxy) is 1. The van der Waals surface area contributed by atoms with Crippen molar-refractivity contribution in [2.45, 2.75) is 0 Å². The number of nitrogens with zero attached hydrogens (tertiary/aromatic N) is 5. The van der Waals surface area contributed by atoms with Crippen molar-refractivity contribution in [3.63, 3.8) is 0 Å². The van der Waals surface area contributed by atoms with Crippen molar-refractivity contribution in [2.24, 2.45) is 5.10 Å². The lowest BCUT2D eigenvalue weighted by Crippen LogP contribution is -2.37. The number of halogens is 2. The molecule has 0 radical (unpaired) electrons. The monoisotopic (exact) mass is 487 g/mol. The molecule has 154 valence electrons. The Morgan fingerprint density at radius 1 is 1.00 bits per heavy atom. The van der Waals surface area contributed by atoms with Crippen LogP contribution in [0.1, 0.15) is 5.56 Å². The van der Waals surface area contributed by atoms with Gasteiger partial charge in [-0.05, 0) is 30.3 Å². The van der Waals surface area contributed by atoms with Gasteiger partial charge in [0.25, 0.3) is 0 Å². The van der Waals surface area contributed by atoms with Crippen LogP contribution < -0.4 is 15.6 Å². The lowest BCUT2D eigenvalue weighted by Gasteiger charge is -2.27. The van der Waals surface area contributed by atoms with Gasteiger partial charge in [0.15, 0.2) is 0 Å². The number of hydrazone groups is 1. The first kappa shape index (κ1) is 20.5. The molecule has 3 aromatic rings. The maximum atomic E-state index is 6.17. The van der Waals surface area contributed by atoms with E-state index in [4.69, 9.17) is 16.3 Å². The van der Waals surface area contributed by atoms with Gasteiger partial charge >= 0.3 is 0 Å². The van der Waals surface area contributed by atoms with Gasteiger partial charge in [0.1, 0.15) is 0 Å². The smallest absolute Gasteiger partial charge is 0.250 e. The van der Waals surface area contributed by atoms with Gasteiger partial charge in [-0.3, -0.25) is 0 Å². The largest absolute Gasteiger partial charge is 0.378 e. The van der Waals surface area contributed by atoms with Crippen LogP contribution in [-0.4, -0.2) is 47.5 Å². The second kappa shape index (κ2) is 9.84. The van der Waals surface area contributed by atoms with E-state index < -0.39 is 0 Å². The third kappa shape index (κ3) is 5.44. The summed E-state index contributed by atoms with van der Waals surface area (Å²) in [5.41, 5.74) is 4.54. The predicted octanol–water partition coefficient (Wildman–Crippen LogP) is 4.31. The standard InChI is InChI=1S/C20H19BrClN7O/c21-15-5-7-16(8-6-15)24-18-25-19(27-20(26-18)29-9-11-30-12-10-29)28-23-13-14-3-1-2-4-17(14)22/h1-8,13H,9-12H2,(H2,24,25,26,27,28). The average Bonchev–Trinajstić information content (AvgIpc) is 2.77. The number of nitrogens with one attached hydrogen (secondary N) is 2. The van der Waals surface area contributed by atoms with Gasteiger partial charge in [-0.2, -0.15) is 20.1 Å². The molecule has 0 bridgehead atoms. The third-order valence-electron chi connectivity index (χ3n) is 4.29. The molecule has 2 heterocycles. The summed E-state index contributed by atoms with van der Waals surface area (Å²) in [4.78, 5) is 15.6. The van der Waals surface area contributed by atoms with Crippen molar-refractivity contribution >= 4 is 57.3 Å². The molecule has 8 nitrogen and oxygen atoms in total. The summed E-state index contributed by atoms with van der Waals surface area (Å²) < 4.78 is 6.42. The summed E-state index contributed by atoms with van der Waals surface area (Å²) >= 11 is 9.60. The number of hydrogen-bond donors (Lipinski definition) is 2. The Balaban J connectivity index is 1.57. The van der Waals surface area contributed by atoms with Crippen LogP contribution in [0.3, 0.4) is 0 Å². The first-order chi connectivity index (χ1) is 14.7. The molecule has 1 aliphatic rings. The Labute approximate surface area is 187 Å². The zero-order chi connectivity index (χ0) is 20.8. The Bertz CT molecular complexity index is 1030. The summed E-state index contributed by atoms with van der Waals surface area (Å²) in [6.07, 6.45) is 1.63. The van der Waals surface area contributed by atoms with E-state index in [1.165, 1.54) is 0 Å². The molecule has 2 aromatic carbocycles. The lowest BCUT2D eigenvalue weighted by molar-refractivity contribution is 0.122. The van der Waals surface area contributed by atoms with E-state index in [-0.39, 0.29) is 0 Å². The maximum absolute atomic E-state index is 6.17. The highest BCUT2D eigenvalue weighted by molar-refractivity contribution is 9.10. The van der Waals surface area contributed by atoms with Gasteiger partial charge in [0, 0.05) is 33.8 Å². The number of hydrogen-bond acceptors (Lipinski definition) is 8. The van der Waals surface area contributed by atoms with E-state index in [9.17, 15) is 0 Å². The van der Waals surface area contributed by atoms with Gasteiger partial charge in [0.05, 0.1) is 19.4 Å². The molecule has 1 aliphatic heterocycles. The van der Waals surface area contributed by atoms with E-state index in [1.807, 2.05) is 48.5 Å². The normalized spacial score (nSPS) is 14.1. The molecular formula is C20H19BrClN7O. The van der Waals surface area contributed by atoms with E-state index in [0.29, 0.717) is 49.2 Å². The summed E-state index contributed by atoms with van der Waals surface area (Å²) in [6.45, 7) is 2.69. The highest BCUT2D eigenvalue weighted by atomic mass is 79.9. The molecule has 0 spiro atoms. The van der Waals surface area contributed by atoms with Gasteiger partial charge in [0.2, 0.25) is 17.8 Å². The fourth-order valence-corrected chi connectivity index (χ4v) is 3.23. The second-order valence-corrected chi connectivity index (χ2v) is 7.73. The van der Waals surface area contributed by atoms with Crippen LogP contribution in [0.15, 0.2) is 58.1 Å². The Hall–Kier alpha value is -2.75. The highest BCUT2D eigenvalue weighted by Crippen LogP contribution is 2.20. The molecular weight excluding hydrogens is 470 g/mol. The minimum atomic E-state index is 0.328. The first-order valence-electron chi connectivity index (χ1n) is 9.32. The van der Waals surface area contributed by atoms with E-state index in [0.717, 1.165) is 15.7 Å². The lowest BCUT2D eigenvalue weighted by atomic mass is 10.2. The van der Waals surface area contributed by atoms with Crippen molar-refractivity contribution in [1.29, 1.82) is 0 Å². The van der Waals surface area contributed by atoms with Crippen molar-refractivity contribution < 1.29 is 4.74 Å². The molecule has 4 rings (SSSR count). The Kier molecular flexibility index (Phi) is 6.73. The number of benzene rings is 2. The van der Waals surface area contributed by atoms with Gasteiger partial charge in [-0.15, -0.1) is 0 Å².